The van der Waals surface area contributed by atoms with Crippen molar-refractivity contribution in [2.45, 2.75) is 39.5 Å². The van der Waals surface area contributed by atoms with Crippen molar-refractivity contribution in [1.82, 2.24) is 5.32 Å². The first-order valence-electron chi connectivity index (χ1n) is 8.88. The quantitative estimate of drug-likeness (QED) is 0.684. The van der Waals surface area contributed by atoms with Crippen LogP contribution in [0.15, 0.2) is 0 Å². The monoisotopic (exact) mass is 396 g/mol. The van der Waals surface area contributed by atoms with Crippen LogP contribution >= 0.6 is 11.3 Å². The summed E-state index contributed by atoms with van der Waals surface area (Å²) in [6.45, 7) is 3.00. The summed E-state index contributed by atoms with van der Waals surface area (Å²) in [5, 5.41) is 5.25. The van der Waals surface area contributed by atoms with Gasteiger partial charge in [-0.15, -0.1) is 11.3 Å². The smallest absolute Gasteiger partial charge is 0.341 e. The lowest BCUT2D eigenvalue weighted by atomic mass is 10.1. The lowest BCUT2D eigenvalue weighted by molar-refractivity contribution is -0.151. The van der Waals surface area contributed by atoms with Gasteiger partial charge in [0.05, 0.1) is 23.0 Å². The van der Waals surface area contributed by atoms with Crippen molar-refractivity contribution >= 4 is 40.1 Å². The summed E-state index contributed by atoms with van der Waals surface area (Å²) in [5.74, 6) is -2.08. The first-order chi connectivity index (χ1) is 12.9. The molecule has 1 aliphatic carbocycles. The Morgan fingerprint density at radius 2 is 1.81 bits per heavy atom. The summed E-state index contributed by atoms with van der Waals surface area (Å²) >= 11 is 0.976. The van der Waals surface area contributed by atoms with Crippen molar-refractivity contribution in [1.29, 1.82) is 0 Å². The molecule has 2 amide bonds. The lowest BCUT2D eigenvalue weighted by Gasteiger charge is -2.10. The van der Waals surface area contributed by atoms with E-state index < -0.39 is 18.5 Å². The summed E-state index contributed by atoms with van der Waals surface area (Å²) < 4.78 is 10.1. The van der Waals surface area contributed by atoms with Crippen LogP contribution in [-0.4, -0.2) is 44.0 Å². The summed E-state index contributed by atoms with van der Waals surface area (Å²) in [7, 11) is 1.48. The number of amides is 2. The molecule has 0 aromatic carbocycles. The van der Waals surface area contributed by atoms with Crippen molar-refractivity contribution in [2.24, 2.45) is 5.92 Å². The van der Waals surface area contributed by atoms with Crippen LogP contribution < -0.4 is 10.6 Å². The second kappa shape index (κ2) is 9.50. The molecule has 1 saturated carbocycles. The molecule has 0 atom stereocenters. The van der Waals surface area contributed by atoms with E-state index in [9.17, 15) is 19.2 Å². The van der Waals surface area contributed by atoms with Crippen molar-refractivity contribution in [3.63, 3.8) is 0 Å². The van der Waals surface area contributed by atoms with E-state index in [0.717, 1.165) is 37.0 Å². The molecule has 0 spiro atoms. The molecule has 0 saturated heterocycles. The second-order valence-corrected chi connectivity index (χ2v) is 7.22. The maximum absolute atomic E-state index is 12.2. The fourth-order valence-corrected chi connectivity index (χ4v) is 4.12. The Hall–Kier alpha value is -2.42. The van der Waals surface area contributed by atoms with Crippen LogP contribution in [0.3, 0.4) is 0 Å². The van der Waals surface area contributed by atoms with Crippen molar-refractivity contribution in [3.8, 4) is 0 Å². The highest BCUT2D eigenvalue weighted by Gasteiger charge is 2.27. The lowest BCUT2D eigenvalue weighted by Crippen LogP contribution is -2.24. The highest BCUT2D eigenvalue weighted by atomic mass is 32.1. The van der Waals surface area contributed by atoms with Gasteiger partial charge in [-0.2, -0.15) is 0 Å². The molecule has 2 rings (SSSR count). The van der Waals surface area contributed by atoms with E-state index in [-0.39, 0.29) is 35.0 Å². The predicted octanol–water partition coefficient (Wildman–Crippen LogP) is 2.26. The maximum Gasteiger partial charge on any atom is 0.341 e. The van der Waals surface area contributed by atoms with E-state index in [1.807, 2.05) is 0 Å². The van der Waals surface area contributed by atoms with Crippen LogP contribution in [-0.2, 0) is 19.1 Å². The van der Waals surface area contributed by atoms with Crippen molar-refractivity contribution in [3.05, 3.63) is 16.0 Å². The van der Waals surface area contributed by atoms with Gasteiger partial charge in [-0.05, 0) is 32.3 Å². The Morgan fingerprint density at radius 3 is 2.41 bits per heavy atom. The SMILES string of the molecule is CCOC(=O)c1c(NC(=O)COC(=O)C2CCCC2)sc(C(=O)NC)c1C. The molecular formula is C18H24N2O6S. The normalized spacial score (nSPS) is 13.9. The molecule has 0 unspecified atom stereocenters. The Morgan fingerprint density at radius 1 is 1.15 bits per heavy atom. The Balaban J connectivity index is 2.10. The number of ether oxygens (including phenoxy) is 2. The average molecular weight is 396 g/mol. The number of esters is 2. The van der Waals surface area contributed by atoms with Gasteiger partial charge in [-0.25, -0.2) is 4.79 Å². The Kier molecular flexibility index (Phi) is 7.35. The van der Waals surface area contributed by atoms with Gasteiger partial charge in [0.2, 0.25) is 0 Å². The van der Waals surface area contributed by atoms with Crippen molar-refractivity contribution in [2.75, 3.05) is 25.6 Å². The number of thiophene rings is 1. The van der Waals surface area contributed by atoms with Gasteiger partial charge in [0, 0.05) is 7.05 Å². The Labute approximate surface area is 161 Å². The highest BCUT2D eigenvalue weighted by molar-refractivity contribution is 7.18. The van der Waals surface area contributed by atoms with E-state index in [2.05, 4.69) is 10.6 Å². The zero-order chi connectivity index (χ0) is 20.0. The standard InChI is InChI=1S/C18H24N2O6S/c1-4-25-18(24)13-10(2)14(15(22)19-3)27-16(13)20-12(21)9-26-17(23)11-7-5-6-8-11/h11H,4-9H2,1-3H3,(H,19,22)(H,20,21). The van der Waals surface area contributed by atoms with Gasteiger partial charge < -0.3 is 20.1 Å². The third-order valence-electron chi connectivity index (χ3n) is 4.35. The first-order valence-corrected chi connectivity index (χ1v) is 9.69. The van der Waals surface area contributed by atoms with Gasteiger partial charge in [0.15, 0.2) is 6.61 Å². The number of carbonyl (C=O) groups excluding carboxylic acids is 4. The number of nitrogens with one attached hydrogen (secondary N) is 2. The zero-order valence-corrected chi connectivity index (χ0v) is 16.5. The number of hydrogen-bond donors (Lipinski definition) is 2. The van der Waals surface area contributed by atoms with Crippen LogP contribution in [0, 0.1) is 12.8 Å². The fourth-order valence-electron chi connectivity index (χ4n) is 2.96. The van der Waals surface area contributed by atoms with Crippen LogP contribution in [0.2, 0.25) is 0 Å². The van der Waals surface area contributed by atoms with Gasteiger partial charge in [-0.1, -0.05) is 12.8 Å². The third-order valence-corrected chi connectivity index (χ3v) is 5.55. The molecule has 0 bridgehead atoms. The van der Waals surface area contributed by atoms with Gasteiger partial charge in [0.25, 0.3) is 11.8 Å². The van der Waals surface area contributed by atoms with Crippen molar-refractivity contribution < 1.29 is 28.7 Å². The summed E-state index contributed by atoms with van der Waals surface area (Å²) in [6.07, 6.45) is 3.55. The molecule has 1 aromatic heterocycles. The predicted molar refractivity (Wildman–Crippen MR) is 99.9 cm³/mol. The summed E-state index contributed by atoms with van der Waals surface area (Å²) in [4.78, 5) is 48.7. The molecule has 148 valence electrons. The molecular weight excluding hydrogens is 372 g/mol. The van der Waals surface area contributed by atoms with Gasteiger partial charge in [-0.3, -0.25) is 14.4 Å². The minimum absolute atomic E-state index is 0.135. The topological polar surface area (TPSA) is 111 Å². The maximum atomic E-state index is 12.2. The third kappa shape index (κ3) is 5.06. The molecule has 1 aromatic rings. The van der Waals surface area contributed by atoms with Gasteiger partial charge >= 0.3 is 11.9 Å². The zero-order valence-electron chi connectivity index (χ0n) is 15.7. The molecule has 1 aliphatic rings. The van der Waals surface area contributed by atoms with E-state index in [4.69, 9.17) is 9.47 Å². The summed E-state index contributed by atoms with van der Waals surface area (Å²) in [6, 6.07) is 0. The molecule has 0 aliphatic heterocycles. The molecule has 8 nitrogen and oxygen atoms in total. The molecule has 9 heteroatoms. The van der Waals surface area contributed by atoms with Crippen LogP contribution in [0.25, 0.3) is 0 Å². The molecule has 2 N–H and O–H groups in total. The molecule has 27 heavy (non-hydrogen) atoms. The largest absolute Gasteiger partial charge is 0.462 e. The van der Waals surface area contributed by atoms with E-state index >= 15 is 0 Å². The van der Waals surface area contributed by atoms with Gasteiger partial charge in [0.1, 0.15) is 5.00 Å². The summed E-state index contributed by atoms with van der Waals surface area (Å²) in [5.41, 5.74) is 0.562. The number of rotatable bonds is 7. The number of carbonyl (C=O) groups is 4. The minimum atomic E-state index is -0.625. The highest BCUT2D eigenvalue weighted by Crippen LogP contribution is 2.34. The van der Waals surface area contributed by atoms with Crippen LogP contribution in [0.1, 0.15) is 58.2 Å². The average Bonchev–Trinajstić information content (AvgIpc) is 3.27. The molecule has 0 radical (unpaired) electrons. The van der Waals surface area contributed by atoms with E-state index in [1.165, 1.54) is 7.05 Å². The molecule has 1 fully saturated rings. The minimum Gasteiger partial charge on any atom is -0.462 e. The van der Waals surface area contributed by atoms with Crippen LogP contribution in [0.5, 0.6) is 0 Å². The fraction of sp³-hybridized carbons (Fsp3) is 0.556. The molecule has 1 heterocycles. The number of hydrogen-bond acceptors (Lipinski definition) is 7. The first kappa shape index (κ1) is 20.9. The second-order valence-electron chi connectivity index (χ2n) is 6.20. The van der Waals surface area contributed by atoms with Crippen LogP contribution in [0.4, 0.5) is 5.00 Å². The Bertz CT molecular complexity index is 736. The number of anilines is 1. The van der Waals surface area contributed by atoms with E-state index in [0.29, 0.717) is 10.4 Å². The van der Waals surface area contributed by atoms with E-state index in [1.54, 1.807) is 13.8 Å².